The number of benzene rings is 1. The van der Waals surface area contributed by atoms with E-state index in [1.807, 2.05) is 5.92 Å². The Kier molecular flexibility index (Phi) is 3.32. The van der Waals surface area contributed by atoms with Gasteiger partial charge in [0.15, 0.2) is 6.29 Å². The second-order valence-corrected chi connectivity index (χ2v) is 2.46. The van der Waals surface area contributed by atoms with Crippen LogP contribution in [0.2, 0.25) is 0 Å². The first-order valence-corrected chi connectivity index (χ1v) is 3.73. The molecule has 72 valence electrons. The van der Waals surface area contributed by atoms with Crippen LogP contribution in [0.4, 0.5) is 8.78 Å². The fourth-order valence-corrected chi connectivity index (χ4v) is 0.939. The lowest BCUT2D eigenvalue weighted by Crippen LogP contribution is -1.96. The normalized spacial score (nSPS) is 9.07. The smallest absolute Gasteiger partial charge is 0.193 e. The topological polar surface area (TPSA) is 37.3 Å². The summed E-state index contributed by atoms with van der Waals surface area (Å²) in [4.78, 5) is 9.87. The summed E-state index contributed by atoms with van der Waals surface area (Å²) in [6.45, 7) is -0.709. The van der Waals surface area contributed by atoms with Crippen molar-refractivity contribution in [3.63, 3.8) is 0 Å². The lowest BCUT2D eigenvalue weighted by molar-refractivity contribution is -0.103. The first-order valence-electron chi connectivity index (χ1n) is 3.73. The molecule has 1 aromatic rings. The number of halogens is 2. The summed E-state index contributed by atoms with van der Waals surface area (Å²) in [6.07, 6.45) is 0.329. The van der Waals surface area contributed by atoms with Gasteiger partial charge in [0.05, 0.1) is 6.61 Å². The third-order valence-corrected chi connectivity index (χ3v) is 1.57. The summed E-state index contributed by atoms with van der Waals surface area (Å²) in [6, 6.07) is 1.93. The molecule has 0 saturated heterocycles. The van der Waals surface area contributed by atoms with Crippen molar-refractivity contribution in [1.29, 1.82) is 0 Å². The molecule has 1 N–H and O–H groups in total. The highest BCUT2D eigenvalue weighted by Gasteiger charge is 2.08. The van der Waals surface area contributed by atoms with Crippen LogP contribution >= 0.6 is 0 Å². The van der Waals surface area contributed by atoms with Gasteiger partial charge in [-0.05, 0) is 18.1 Å². The minimum atomic E-state index is -0.873. The molecule has 0 unspecified atom stereocenters. The number of aliphatic hydroxyl groups excluding tert-OH is 1. The number of rotatable bonds is 1. The molecule has 0 aromatic heterocycles. The predicted octanol–water partition coefficient (Wildman–Crippen LogP) is 1.01. The Hall–Kier alpha value is -1.73. The largest absolute Gasteiger partial charge is 0.391 e. The van der Waals surface area contributed by atoms with Crippen molar-refractivity contribution in [3.8, 4) is 11.8 Å². The summed E-state index contributed by atoms with van der Waals surface area (Å²) in [7, 11) is 0. The Morgan fingerprint density at radius 3 is 2.36 bits per heavy atom. The number of aldehydes is 1. The van der Waals surface area contributed by atoms with Crippen LogP contribution < -0.4 is 0 Å². The van der Waals surface area contributed by atoms with Crippen LogP contribution in [-0.2, 0) is 11.4 Å². The molecule has 0 bridgehead atoms. The monoisotopic (exact) mass is 196 g/mol. The van der Waals surface area contributed by atoms with Crippen LogP contribution in [0.25, 0.3) is 0 Å². The minimum Gasteiger partial charge on any atom is -0.391 e. The van der Waals surface area contributed by atoms with Crippen LogP contribution in [-0.4, -0.2) is 11.4 Å². The van der Waals surface area contributed by atoms with E-state index in [2.05, 4.69) is 5.92 Å². The van der Waals surface area contributed by atoms with Gasteiger partial charge in [-0.25, -0.2) is 8.78 Å². The summed E-state index contributed by atoms with van der Waals surface area (Å²) in [5, 5.41) is 8.59. The molecule has 0 aliphatic rings. The molecule has 2 nitrogen and oxygen atoms in total. The van der Waals surface area contributed by atoms with E-state index in [4.69, 9.17) is 5.11 Å². The van der Waals surface area contributed by atoms with Crippen molar-refractivity contribution in [2.24, 2.45) is 0 Å². The summed E-state index contributed by atoms with van der Waals surface area (Å²) in [5.41, 5.74) is -0.342. The molecule has 0 amide bonds. The Bertz CT molecular complexity index is 393. The zero-order chi connectivity index (χ0) is 10.6. The fraction of sp³-hybridized carbons (Fsp3) is 0.100. The fourth-order valence-electron chi connectivity index (χ4n) is 0.939. The van der Waals surface area contributed by atoms with Gasteiger partial charge in [0.2, 0.25) is 0 Å². The van der Waals surface area contributed by atoms with E-state index in [0.717, 1.165) is 12.1 Å². The van der Waals surface area contributed by atoms with E-state index in [0.29, 0.717) is 6.29 Å². The van der Waals surface area contributed by atoms with Gasteiger partial charge < -0.3 is 5.11 Å². The molecule has 0 aliphatic carbocycles. The lowest BCUT2D eigenvalue weighted by atomic mass is 10.1. The van der Waals surface area contributed by atoms with Gasteiger partial charge in [0.1, 0.15) is 11.6 Å². The van der Waals surface area contributed by atoms with Crippen LogP contribution in [0.15, 0.2) is 12.1 Å². The number of hydrogen-bond acceptors (Lipinski definition) is 2. The average Bonchev–Trinajstić information content (AvgIpc) is 2.14. The molecule has 0 atom stereocenters. The molecule has 1 aromatic carbocycles. The quantitative estimate of drug-likeness (QED) is 0.537. The SMILES string of the molecule is O=CC#Cc1cc(F)c(CO)c(F)c1. The van der Waals surface area contributed by atoms with E-state index in [1.54, 1.807) is 0 Å². The number of aliphatic hydroxyl groups is 1. The zero-order valence-corrected chi connectivity index (χ0v) is 7.05. The third kappa shape index (κ3) is 2.15. The van der Waals surface area contributed by atoms with Gasteiger partial charge in [-0.1, -0.05) is 5.92 Å². The molecule has 14 heavy (non-hydrogen) atoms. The number of carbonyl (C=O) groups excluding carboxylic acids is 1. The van der Waals surface area contributed by atoms with Crippen molar-refractivity contribution in [2.75, 3.05) is 0 Å². The Labute approximate surface area is 79.2 Å². The minimum absolute atomic E-state index is 0.0595. The van der Waals surface area contributed by atoms with Crippen molar-refractivity contribution in [1.82, 2.24) is 0 Å². The number of carbonyl (C=O) groups is 1. The van der Waals surface area contributed by atoms with E-state index in [9.17, 15) is 13.6 Å². The first kappa shape index (κ1) is 10.4. The molecular weight excluding hydrogens is 190 g/mol. The average molecular weight is 196 g/mol. The maximum atomic E-state index is 13.0. The number of hydrogen-bond donors (Lipinski definition) is 1. The van der Waals surface area contributed by atoms with Gasteiger partial charge in [-0.15, -0.1) is 0 Å². The molecule has 4 heteroatoms. The second-order valence-electron chi connectivity index (χ2n) is 2.46. The summed E-state index contributed by atoms with van der Waals surface area (Å²) >= 11 is 0. The Morgan fingerprint density at radius 1 is 1.36 bits per heavy atom. The van der Waals surface area contributed by atoms with Gasteiger partial charge in [0, 0.05) is 11.1 Å². The summed E-state index contributed by atoms with van der Waals surface area (Å²) in [5.74, 6) is 2.53. The Morgan fingerprint density at radius 2 is 1.93 bits per heavy atom. The van der Waals surface area contributed by atoms with Gasteiger partial charge in [-0.2, -0.15) is 0 Å². The Balaban J connectivity index is 3.20. The molecular formula is C10H6F2O2. The van der Waals surface area contributed by atoms with Gasteiger partial charge in [-0.3, -0.25) is 4.79 Å². The molecule has 0 fully saturated rings. The summed E-state index contributed by atoms with van der Waals surface area (Å²) < 4.78 is 26.0. The third-order valence-electron chi connectivity index (χ3n) is 1.57. The van der Waals surface area contributed by atoms with E-state index < -0.39 is 23.8 Å². The second kappa shape index (κ2) is 4.49. The van der Waals surface area contributed by atoms with E-state index >= 15 is 0 Å². The van der Waals surface area contributed by atoms with Crippen molar-refractivity contribution < 1.29 is 18.7 Å². The predicted molar refractivity (Wildman–Crippen MR) is 45.2 cm³/mol. The molecule has 0 saturated carbocycles. The molecule has 0 spiro atoms. The molecule has 0 heterocycles. The molecule has 0 radical (unpaired) electrons. The van der Waals surface area contributed by atoms with Crippen LogP contribution in [0.3, 0.4) is 0 Å². The van der Waals surface area contributed by atoms with Gasteiger partial charge in [0.25, 0.3) is 0 Å². The van der Waals surface area contributed by atoms with Crippen molar-refractivity contribution in [3.05, 3.63) is 34.9 Å². The van der Waals surface area contributed by atoms with E-state index in [1.165, 1.54) is 0 Å². The molecule has 1 rings (SSSR count). The van der Waals surface area contributed by atoms with Crippen molar-refractivity contribution in [2.45, 2.75) is 6.61 Å². The maximum Gasteiger partial charge on any atom is 0.193 e. The highest BCUT2D eigenvalue weighted by atomic mass is 19.1. The van der Waals surface area contributed by atoms with Gasteiger partial charge >= 0.3 is 0 Å². The van der Waals surface area contributed by atoms with Crippen molar-refractivity contribution >= 4 is 6.29 Å². The highest BCUT2D eigenvalue weighted by molar-refractivity contribution is 5.73. The zero-order valence-electron chi connectivity index (χ0n) is 7.05. The first-order chi connectivity index (χ1) is 6.69. The van der Waals surface area contributed by atoms with Crippen LogP contribution in [0, 0.1) is 23.5 Å². The van der Waals surface area contributed by atoms with E-state index in [-0.39, 0.29) is 5.56 Å². The maximum absolute atomic E-state index is 13.0. The standard InChI is InChI=1S/C10H6F2O2/c11-9-4-7(2-1-3-13)5-10(12)8(9)6-14/h3-5,14H,6H2. The van der Waals surface area contributed by atoms with Crippen LogP contribution in [0.1, 0.15) is 11.1 Å². The van der Waals surface area contributed by atoms with Crippen LogP contribution in [0.5, 0.6) is 0 Å². The lowest BCUT2D eigenvalue weighted by Gasteiger charge is -2.01. The highest BCUT2D eigenvalue weighted by Crippen LogP contribution is 2.14. The molecule has 0 aliphatic heterocycles.